The predicted molar refractivity (Wildman–Crippen MR) is 91.6 cm³/mol. The molecule has 0 heterocycles. The van der Waals surface area contributed by atoms with E-state index in [1.54, 1.807) is 24.3 Å². The van der Waals surface area contributed by atoms with Gasteiger partial charge in [0.1, 0.15) is 0 Å². The SMILES string of the molecule is C=CC=CC1CCC(NC(=O)Cc2ccc(O)c(OC)c2)CC1. The van der Waals surface area contributed by atoms with Gasteiger partial charge >= 0.3 is 0 Å². The molecule has 0 unspecified atom stereocenters. The Labute approximate surface area is 137 Å². The topological polar surface area (TPSA) is 58.6 Å². The number of carbonyl (C=O) groups is 1. The van der Waals surface area contributed by atoms with Crippen LogP contribution in [0.25, 0.3) is 0 Å². The number of methoxy groups -OCH3 is 1. The Kier molecular flexibility index (Phi) is 6.27. The van der Waals surface area contributed by atoms with Crippen molar-refractivity contribution >= 4 is 5.91 Å². The number of aromatic hydroxyl groups is 1. The Balaban J connectivity index is 1.81. The Morgan fingerprint density at radius 2 is 2.13 bits per heavy atom. The first-order valence-corrected chi connectivity index (χ1v) is 8.07. The number of allylic oxidation sites excluding steroid dienone is 3. The number of amides is 1. The molecule has 1 aromatic rings. The van der Waals surface area contributed by atoms with Gasteiger partial charge in [-0.25, -0.2) is 0 Å². The molecule has 0 aromatic heterocycles. The largest absolute Gasteiger partial charge is 0.504 e. The highest BCUT2D eigenvalue weighted by Crippen LogP contribution is 2.27. The highest BCUT2D eigenvalue weighted by molar-refractivity contribution is 5.79. The third-order valence-corrected chi connectivity index (χ3v) is 4.27. The van der Waals surface area contributed by atoms with Crippen molar-refractivity contribution in [3.05, 3.63) is 48.6 Å². The van der Waals surface area contributed by atoms with E-state index in [2.05, 4.69) is 18.0 Å². The maximum atomic E-state index is 12.2. The lowest BCUT2D eigenvalue weighted by Crippen LogP contribution is -2.38. The number of ether oxygens (including phenoxy) is 1. The Morgan fingerprint density at radius 1 is 1.39 bits per heavy atom. The van der Waals surface area contributed by atoms with Crippen molar-refractivity contribution < 1.29 is 14.6 Å². The van der Waals surface area contributed by atoms with Crippen LogP contribution in [0, 0.1) is 5.92 Å². The van der Waals surface area contributed by atoms with Gasteiger partial charge in [-0.3, -0.25) is 4.79 Å². The molecule has 1 aliphatic carbocycles. The van der Waals surface area contributed by atoms with Gasteiger partial charge in [-0.2, -0.15) is 0 Å². The Hall–Kier alpha value is -2.23. The van der Waals surface area contributed by atoms with Crippen molar-refractivity contribution in [2.45, 2.75) is 38.1 Å². The number of benzene rings is 1. The van der Waals surface area contributed by atoms with Crippen LogP contribution >= 0.6 is 0 Å². The molecule has 4 heteroatoms. The van der Waals surface area contributed by atoms with Crippen LogP contribution in [-0.4, -0.2) is 24.2 Å². The van der Waals surface area contributed by atoms with Crippen molar-refractivity contribution in [1.82, 2.24) is 5.32 Å². The molecule has 0 saturated heterocycles. The molecule has 0 radical (unpaired) electrons. The molecule has 1 saturated carbocycles. The molecule has 1 fully saturated rings. The minimum atomic E-state index is 0.0165. The fourth-order valence-electron chi connectivity index (χ4n) is 2.99. The lowest BCUT2D eigenvalue weighted by Gasteiger charge is -2.27. The molecule has 0 spiro atoms. The Bertz CT molecular complexity index is 572. The number of carbonyl (C=O) groups excluding carboxylic acids is 1. The van der Waals surface area contributed by atoms with Crippen molar-refractivity contribution in [2.24, 2.45) is 5.92 Å². The number of phenolic OH excluding ortho intramolecular Hbond substituents is 1. The third kappa shape index (κ3) is 5.16. The summed E-state index contributed by atoms with van der Waals surface area (Å²) in [5, 5.41) is 12.7. The molecule has 23 heavy (non-hydrogen) atoms. The summed E-state index contributed by atoms with van der Waals surface area (Å²) in [5.41, 5.74) is 0.833. The van der Waals surface area contributed by atoms with Crippen LogP contribution in [0.15, 0.2) is 43.0 Å². The highest BCUT2D eigenvalue weighted by Gasteiger charge is 2.21. The normalized spacial score (nSPS) is 21.1. The molecule has 1 aliphatic rings. The molecule has 1 amide bonds. The van der Waals surface area contributed by atoms with Crippen LogP contribution in [0.3, 0.4) is 0 Å². The van der Waals surface area contributed by atoms with Crippen LogP contribution < -0.4 is 10.1 Å². The zero-order valence-corrected chi connectivity index (χ0v) is 13.6. The maximum Gasteiger partial charge on any atom is 0.224 e. The van der Waals surface area contributed by atoms with E-state index in [-0.39, 0.29) is 17.7 Å². The van der Waals surface area contributed by atoms with Crippen molar-refractivity contribution in [3.63, 3.8) is 0 Å². The van der Waals surface area contributed by atoms with Gasteiger partial charge in [0.25, 0.3) is 0 Å². The third-order valence-electron chi connectivity index (χ3n) is 4.27. The minimum absolute atomic E-state index is 0.0165. The zero-order valence-electron chi connectivity index (χ0n) is 13.6. The molecular weight excluding hydrogens is 290 g/mol. The standard InChI is InChI=1S/C19H25NO3/c1-3-4-5-14-6-9-16(10-7-14)20-19(22)13-15-8-11-17(21)18(12-15)23-2/h3-5,8,11-12,14,16,21H,1,6-7,9-10,13H2,2H3,(H,20,22). The van der Waals surface area contributed by atoms with Gasteiger partial charge in [0.2, 0.25) is 5.91 Å². The summed E-state index contributed by atoms with van der Waals surface area (Å²) < 4.78 is 5.07. The fourth-order valence-corrected chi connectivity index (χ4v) is 2.99. The molecule has 1 aromatic carbocycles. The van der Waals surface area contributed by atoms with Crippen LogP contribution in [0.1, 0.15) is 31.2 Å². The average molecular weight is 315 g/mol. The number of nitrogens with one attached hydrogen (secondary N) is 1. The van der Waals surface area contributed by atoms with E-state index in [0.717, 1.165) is 31.2 Å². The molecule has 0 bridgehead atoms. The molecule has 0 aliphatic heterocycles. The van der Waals surface area contributed by atoms with Gasteiger partial charge in [-0.15, -0.1) is 0 Å². The summed E-state index contributed by atoms with van der Waals surface area (Å²) >= 11 is 0. The first-order valence-electron chi connectivity index (χ1n) is 8.07. The van der Waals surface area contributed by atoms with Gasteiger partial charge in [-0.1, -0.05) is 30.9 Å². The van der Waals surface area contributed by atoms with E-state index < -0.39 is 0 Å². The first-order chi connectivity index (χ1) is 11.1. The van der Waals surface area contributed by atoms with Crippen molar-refractivity contribution in [3.8, 4) is 11.5 Å². The van der Waals surface area contributed by atoms with Crippen molar-refractivity contribution in [1.29, 1.82) is 0 Å². The second-order valence-electron chi connectivity index (χ2n) is 5.98. The van der Waals surface area contributed by atoms with Gasteiger partial charge in [0.15, 0.2) is 11.5 Å². The summed E-state index contributed by atoms with van der Waals surface area (Å²) in [6.45, 7) is 3.69. The Morgan fingerprint density at radius 3 is 2.78 bits per heavy atom. The van der Waals surface area contributed by atoms with Gasteiger partial charge in [-0.05, 0) is 49.3 Å². The molecule has 2 rings (SSSR count). The van der Waals surface area contributed by atoms with Crippen LogP contribution in [0.5, 0.6) is 11.5 Å². The van der Waals surface area contributed by atoms with E-state index in [9.17, 15) is 9.90 Å². The van der Waals surface area contributed by atoms with E-state index >= 15 is 0 Å². The van der Waals surface area contributed by atoms with E-state index in [1.165, 1.54) is 7.11 Å². The zero-order chi connectivity index (χ0) is 16.7. The van der Waals surface area contributed by atoms with Crippen LogP contribution in [-0.2, 0) is 11.2 Å². The van der Waals surface area contributed by atoms with E-state index in [4.69, 9.17) is 4.74 Å². The van der Waals surface area contributed by atoms with E-state index in [1.807, 2.05) is 6.08 Å². The lowest BCUT2D eigenvalue weighted by molar-refractivity contribution is -0.121. The van der Waals surface area contributed by atoms with Gasteiger partial charge < -0.3 is 15.2 Å². The van der Waals surface area contributed by atoms with E-state index in [0.29, 0.717) is 18.1 Å². The second kappa shape index (κ2) is 8.42. The smallest absolute Gasteiger partial charge is 0.224 e. The van der Waals surface area contributed by atoms with Crippen LogP contribution in [0.2, 0.25) is 0 Å². The summed E-state index contributed by atoms with van der Waals surface area (Å²) in [4.78, 5) is 12.2. The number of hydrogen-bond acceptors (Lipinski definition) is 3. The van der Waals surface area contributed by atoms with Crippen LogP contribution in [0.4, 0.5) is 0 Å². The summed E-state index contributed by atoms with van der Waals surface area (Å²) in [6, 6.07) is 5.26. The predicted octanol–water partition coefficient (Wildman–Crippen LogP) is 3.36. The lowest BCUT2D eigenvalue weighted by atomic mass is 9.85. The maximum absolute atomic E-state index is 12.2. The summed E-state index contributed by atoms with van der Waals surface area (Å²) in [6.07, 6.45) is 10.5. The summed E-state index contributed by atoms with van der Waals surface area (Å²) in [5.74, 6) is 1.10. The monoisotopic (exact) mass is 315 g/mol. The molecular formula is C19H25NO3. The quantitative estimate of drug-likeness (QED) is 0.791. The molecule has 2 N–H and O–H groups in total. The first kappa shape index (κ1) is 17.1. The average Bonchev–Trinajstić information content (AvgIpc) is 2.56. The molecule has 4 nitrogen and oxygen atoms in total. The highest BCUT2D eigenvalue weighted by atomic mass is 16.5. The van der Waals surface area contributed by atoms with Gasteiger partial charge in [0.05, 0.1) is 13.5 Å². The minimum Gasteiger partial charge on any atom is -0.504 e. The number of phenols is 1. The summed E-state index contributed by atoms with van der Waals surface area (Å²) in [7, 11) is 1.50. The second-order valence-corrected chi connectivity index (χ2v) is 5.98. The molecule has 0 atom stereocenters. The van der Waals surface area contributed by atoms with Gasteiger partial charge in [0, 0.05) is 6.04 Å². The fraction of sp³-hybridized carbons (Fsp3) is 0.421. The number of hydrogen-bond donors (Lipinski definition) is 2. The molecule has 124 valence electrons. The number of rotatable bonds is 6. The van der Waals surface area contributed by atoms with Crippen molar-refractivity contribution in [2.75, 3.05) is 7.11 Å².